The van der Waals surface area contributed by atoms with Gasteiger partial charge in [-0.25, -0.2) is 9.97 Å². The molecule has 0 bridgehead atoms. The standard InChI is InChI=1S/C18H20IN5O2S/c1-10(2)21-5-6-24-12-3-4-22-17(20)16(12)23-18(24)27-15-8-14-13(7-11(15)19)25-9-26-14/h3-4,7-8,10,21H,5-6,9H2,1-2H3,(H2,20,22). The van der Waals surface area contributed by atoms with E-state index in [-0.39, 0.29) is 6.79 Å². The van der Waals surface area contributed by atoms with E-state index in [0.29, 0.717) is 11.9 Å². The SMILES string of the molecule is CC(C)NCCn1c(Sc2cc3c(cc2I)OCO3)nc2c(N)nccc21. The number of ether oxygens (including phenoxy) is 2. The second kappa shape index (κ2) is 7.72. The van der Waals surface area contributed by atoms with Gasteiger partial charge < -0.3 is 25.1 Å². The molecule has 27 heavy (non-hydrogen) atoms. The van der Waals surface area contributed by atoms with Crippen molar-refractivity contribution in [2.45, 2.75) is 36.5 Å². The number of pyridine rings is 1. The van der Waals surface area contributed by atoms with Gasteiger partial charge in [0.2, 0.25) is 6.79 Å². The van der Waals surface area contributed by atoms with Crippen LogP contribution < -0.4 is 20.5 Å². The molecule has 0 amide bonds. The van der Waals surface area contributed by atoms with Crippen molar-refractivity contribution >= 4 is 51.2 Å². The number of rotatable bonds is 6. The Bertz CT molecular complexity index is 992. The first-order chi connectivity index (χ1) is 13.0. The molecule has 1 aliphatic rings. The molecule has 3 aromatic rings. The minimum Gasteiger partial charge on any atom is -0.454 e. The predicted molar refractivity (Wildman–Crippen MR) is 114 cm³/mol. The summed E-state index contributed by atoms with van der Waals surface area (Å²) in [6.07, 6.45) is 1.73. The number of halogens is 1. The number of fused-ring (bicyclic) bond motifs is 2. The molecule has 1 aromatic carbocycles. The van der Waals surface area contributed by atoms with Crippen LogP contribution in [-0.2, 0) is 6.54 Å². The number of aromatic nitrogens is 3. The van der Waals surface area contributed by atoms with Crippen LogP contribution in [0.25, 0.3) is 11.0 Å². The summed E-state index contributed by atoms with van der Waals surface area (Å²) in [5.74, 6) is 2.00. The summed E-state index contributed by atoms with van der Waals surface area (Å²) >= 11 is 3.91. The molecule has 0 fully saturated rings. The van der Waals surface area contributed by atoms with Gasteiger partial charge in [0.05, 0.1) is 5.52 Å². The zero-order valence-corrected chi connectivity index (χ0v) is 18.0. The molecule has 4 rings (SSSR count). The van der Waals surface area contributed by atoms with Crippen molar-refractivity contribution in [2.24, 2.45) is 0 Å². The van der Waals surface area contributed by atoms with Gasteiger partial charge in [-0.1, -0.05) is 25.6 Å². The highest BCUT2D eigenvalue weighted by atomic mass is 127. The van der Waals surface area contributed by atoms with Gasteiger partial charge in [-0.05, 0) is 40.8 Å². The monoisotopic (exact) mass is 497 g/mol. The lowest BCUT2D eigenvalue weighted by Gasteiger charge is -2.12. The lowest BCUT2D eigenvalue weighted by Crippen LogP contribution is -2.26. The molecule has 7 nitrogen and oxygen atoms in total. The van der Waals surface area contributed by atoms with E-state index in [2.05, 4.69) is 51.3 Å². The molecule has 0 aliphatic carbocycles. The van der Waals surface area contributed by atoms with Crippen molar-refractivity contribution < 1.29 is 9.47 Å². The number of hydrogen-bond donors (Lipinski definition) is 2. The molecule has 0 spiro atoms. The summed E-state index contributed by atoms with van der Waals surface area (Å²) < 4.78 is 14.3. The van der Waals surface area contributed by atoms with Crippen molar-refractivity contribution in [3.8, 4) is 11.5 Å². The maximum atomic E-state index is 6.06. The molecule has 0 unspecified atom stereocenters. The van der Waals surface area contributed by atoms with E-state index in [4.69, 9.17) is 20.2 Å². The summed E-state index contributed by atoms with van der Waals surface area (Å²) in [6, 6.07) is 6.39. The average Bonchev–Trinajstić information content (AvgIpc) is 3.21. The number of benzene rings is 1. The van der Waals surface area contributed by atoms with E-state index >= 15 is 0 Å². The summed E-state index contributed by atoms with van der Waals surface area (Å²) in [7, 11) is 0. The zero-order valence-electron chi connectivity index (χ0n) is 15.0. The van der Waals surface area contributed by atoms with Crippen LogP contribution >= 0.6 is 34.4 Å². The van der Waals surface area contributed by atoms with E-state index in [0.717, 1.165) is 49.2 Å². The van der Waals surface area contributed by atoms with Crippen molar-refractivity contribution in [3.05, 3.63) is 28.0 Å². The Morgan fingerprint density at radius 3 is 2.89 bits per heavy atom. The lowest BCUT2D eigenvalue weighted by atomic mass is 10.3. The topological polar surface area (TPSA) is 87.2 Å². The first-order valence-electron chi connectivity index (χ1n) is 8.64. The molecule has 3 heterocycles. The minimum absolute atomic E-state index is 0.265. The minimum atomic E-state index is 0.265. The van der Waals surface area contributed by atoms with Crippen LogP contribution in [0.3, 0.4) is 0 Å². The van der Waals surface area contributed by atoms with Crippen molar-refractivity contribution in [1.82, 2.24) is 19.9 Å². The number of imidazole rings is 1. The maximum Gasteiger partial charge on any atom is 0.231 e. The summed E-state index contributed by atoms with van der Waals surface area (Å²) in [6.45, 7) is 6.18. The number of hydrogen-bond acceptors (Lipinski definition) is 7. The molecule has 1 aliphatic heterocycles. The van der Waals surface area contributed by atoms with E-state index in [1.54, 1.807) is 18.0 Å². The fourth-order valence-electron chi connectivity index (χ4n) is 2.88. The van der Waals surface area contributed by atoms with Crippen LogP contribution in [0.2, 0.25) is 0 Å². The van der Waals surface area contributed by atoms with E-state index in [1.807, 2.05) is 18.2 Å². The van der Waals surface area contributed by atoms with Crippen LogP contribution in [0.4, 0.5) is 5.82 Å². The van der Waals surface area contributed by atoms with E-state index < -0.39 is 0 Å². The first-order valence-corrected chi connectivity index (χ1v) is 10.5. The molecule has 142 valence electrons. The Morgan fingerprint density at radius 1 is 1.33 bits per heavy atom. The molecule has 0 radical (unpaired) electrons. The van der Waals surface area contributed by atoms with E-state index in [1.165, 1.54) is 0 Å². The molecule has 3 N–H and O–H groups in total. The van der Waals surface area contributed by atoms with Crippen molar-refractivity contribution in [2.75, 3.05) is 19.1 Å². The number of nitrogens with zero attached hydrogens (tertiary/aromatic N) is 3. The number of anilines is 1. The van der Waals surface area contributed by atoms with Gasteiger partial charge in [0.25, 0.3) is 0 Å². The van der Waals surface area contributed by atoms with Crippen LogP contribution in [-0.4, -0.2) is 33.9 Å². The second-order valence-corrected chi connectivity index (χ2v) is 8.63. The van der Waals surface area contributed by atoms with Crippen LogP contribution in [0.15, 0.2) is 34.4 Å². The fourth-order valence-corrected chi connectivity index (χ4v) is 4.61. The highest BCUT2D eigenvalue weighted by molar-refractivity contribution is 14.1. The average molecular weight is 497 g/mol. The third-order valence-electron chi connectivity index (χ3n) is 4.18. The Labute approximate surface area is 175 Å². The summed E-state index contributed by atoms with van der Waals surface area (Å²) in [4.78, 5) is 10.0. The van der Waals surface area contributed by atoms with Crippen LogP contribution in [0.5, 0.6) is 11.5 Å². The smallest absolute Gasteiger partial charge is 0.231 e. The highest BCUT2D eigenvalue weighted by Crippen LogP contribution is 2.41. The molecular formula is C18H20IN5O2S. The van der Waals surface area contributed by atoms with Crippen LogP contribution in [0, 0.1) is 3.57 Å². The van der Waals surface area contributed by atoms with Gasteiger partial charge in [-0.3, -0.25) is 0 Å². The second-order valence-electron chi connectivity index (χ2n) is 6.46. The molecule has 0 atom stereocenters. The summed E-state index contributed by atoms with van der Waals surface area (Å²) in [5, 5.41) is 4.34. The maximum absolute atomic E-state index is 6.06. The molecule has 9 heteroatoms. The lowest BCUT2D eigenvalue weighted by molar-refractivity contribution is 0.174. The molecular weight excluding hydrogens is 477 g/mol. The van der Waals surface area contributed by atoms with E-state index in [9.17, 15) is 0 Å². The Balaban J connectivity index is 1.71. The van der Waals surface area contributed by atoms with Gasteiger partial charge >= 0.3 is 0 Å². The van der Waals surface area contributed by atoms with Gasteiger partial charge in [0.1, 0.15) is 5.52 Å². The fraction of sp³-hybridized carbons (Fsp3) is 0.333. The third-order valence-corrected chi connectivity index (χ3v) is 6.49. The van der Waals surface area contributed by atoms with Gasteiger partial charge in [0.15, 0.2) is 22.5 Å². The van der Waals surface area contributed by atoms with Gasteiger partial charge in [-0.15, -0.1) is 0 Å². The number of nitrogens with one attached hydrogen (secondary N) is 1. The largest absolute Gasteiger partial charge is 0.454 e. The van der Waals surface area contributed by atoms with Gasteiger partial charge in [0, 0.05) is 33.8 Å². The predicted octanol–water partition coefficient (Wildman–Crippen LogP) is 3.50. The van der Waals surface area contributed by atoms with Gasteiger partial charge in [-0.2, -0.15) is 0 Å². The molecule has 0 saturated heterocycles. The Kier molecular flexibility index (Phi) is 5.33. The third kappa shape index (κ3) is 3.81. The van der Waals surface area contributed by atoms with Crippen molar-refractivity contribution in [3.63, 3.8) is 0 Å². The Morgan fingerprint density at radius 2 is 2.11 bits per heavy atom. The zero-order chi connectivity index (χ0) is 19.0. The molecule has 2 aromatic heterocycles. The van der Waals surface area contributed by atoms with Crippen molar-refractivity contribution in [1.29, 1.82) is 0 Å². The summed E-state index contributed by atoms with van der Waals surface area (Å²) in [5.41, 5.74) is 7.79. The first kappa shape index (κ1) is 18.6. The highest BCUT2D eigenvalue weighted by Gasteiger charge is 2.20. The van der Waals surface area contributed by atoms with Crippen LogP contribution in [0.1, 0.15) is 13.8 Å². The normalized spacial score (nSPS) is 13.0. The number of nitrogens with two attached hydrogens (primary N) is 1. The quantitative estimate of drug-likeness (QED) is 0.505. The Hall–Kier alpha value is -1.72. The molecule has 0 saturated carbocycles. The number of nitrogen functional groups attached to an aromatic ring is 1.